The summed E-state index contributed by atoms with van der Waals surface area (Å²) in [5.41, 5.74) is 1.28. The lowest BCUT2D eigenvalue weighted by atomic mass is 9.84. The Bertz CT molecular complexity index is 559. The zero-order valence-corrected chi connectivity index (χ0v) is 12.7. The van der Waals surface area contributed by atoms with E-state index in [0.29, 0.717) is 16.5 Å². The molecule has 0 bridgehead atoms. The minimum Gasteiger partial charge on any atom is -0.492 e. The van der Waals surface area contributed by atoms with Gasteiger partial charge in [-0.3, -0.25) is 0 Å². The molecule has 1 saturated carbocycles. The van der Waals surface area contributed by atoms with Gasteiger partial charge in [-0.15, -0.1) is 0 Å². The lowest BCUT2D eigenvalue weighted by Crippen LogP contribution is -2.22. The molecule has 1 aliphatic carbocycles. The van der Waals surface area contributed by atoms with Gasteiger partial charge in [-0.25, -0.2) is 4.79 Å². The molecular weight excluding hydrogens is 278 g/mol. The second-order valence-corrected chi connectivity index (χ2v) is 5.47. The van der Waals surface area contributed by atoms with Gasteiger partial charge in [0.1, 0.15) is 5.54 Å². The van der Waals surface area contributed by atoms with Crippen LogP contribution in [0.3, 0.4) is 0 Å². The molecule has 0 aromatic heterocycles. The zero-order chi connectivity index (χ0) is 14.8. The van der Waals surface area contributed by atoms with Crippen molar-refractivity contribution in [2.75, 3.05) is 14.2 Å². The van der Waals surface area contributed by atoms with Crippen molar-refractivity contribution in [1.82, 2.24) is 0 Å². The van der Waals surface area contributed by atoms with Crippen LogP contribution < -0.4 is 9.47 Å². The molecule has 1 aromatic rings. The van der Waals surface area contributed by atoms with Crippen LogP contribution in [0, 0.1) is 6.92 Å². The Kier molecular flexibility index (Phi) is 4.36. The largest absolute Gasteiger partial charge is 0.492 e. The lowest BCUT2D eigenvalue weighted by molar-refractivity contribution is 0.336. The molecule has 1 aliphatic rings. The fourth-order valence-corrected chi connectivity index (χ4v) is 3.48. The fourth-order valence-electron chi connectivity index (χ4n) is 3.16. The normalized spacial score (nSPS) is 16.6. The van der Waals surface area contributed by atoms with E-state index in [1.807, 2.05) is 13.0 Å². The van der Waals surface area contributed by atoms with Crippen molar-refractivity contribution in [3.8, 4) is 11.5 Å². The van der Waals surface area contributed by atoms with Gasteiger partial charge in [0.25, 0.3) is 0 Å². The monoisotopic (exact) mass is 295 g/mol. The number of isocyanates is 1. The molecule has 4 nitrogen and oxygen atoms in total. The van der Waals surface area contributed by atoms with E-state index in [4.69, 9.17) is 21.1 Å². The summed E-state index contributed by atoms with van der Waals surface area (Å²) in [6, 6.07) is 1.83. The van der Waals surface area contributed by atoms with Gasteiger partial charge in [0.05, 0.1) is 19.2 Å². The molecule has 0 N–H and O–H groups in total. The molecule has 0 amide bonds. The first-order valence-electron chi connectivity index (χ1n) is 6.60. The number of aryl methyl sites for hydroxylation is 1. The van der Waals surface area contributed by atoms with Crippen LogP contribution >= 0.6 is 11.6 Å². The van der Waals surface area contributed by atoms with E-state index in [9.17, 15) is 4.79 Å². The van der Waals surface area contributed by atoms with Crippen molar-refractivity contribution in [2.24, 2.45) is 4.99 Å². The van der Waals surface area contributed by atoms with Crippen molar-refractivity contribution in [3.05, 3.63) is 22.2 Å². The molecule has 0 unspecified atom stereocenters. The van der Waals surface area contributed by atoms with Gasteiger partial charge in [-0.1, -0.05) is 24.4 Å². The molecule has 0 atom stereocenters. The summed E-state index contributed by atoms with van der Waals surface area (Å²) in [7, 11) is 3.12. The Labute approximate surface area is 123 Å². The number of halogens is 1. The lowest BCUT2D eigenvalue weighted by Gasteiger charge is -2.28. The minimum absolute atomic E-state index is 0.488. The molecule has 20 heavy (non-hydrogen) atoms. The van der Waals surface area contributed by atoms with Crippen molar-refractivity contribution in [2.45, 2.75) is 38.1 Å². The van der Waals surface area contributed by atoms with E-state index >= 15 is 0 Å². The van der Waals surface area contributed by atoms with Crippen molar-refractivity contribution < 1.29 is 14.3 Å². The van der Waals surface area contributed by atoms with Crippen molar-refractivity contribution >= 4 is 17.7 Å². The second-order valence-electron chi connectivity index (χ2n) is 5.06. The molecule has 0 saturated heterocycles. The molecule has 0 spiro atoms. The highest BCUT2D eigenvalue weighted by Gasteiger charge is 2.40. The number of nitrogens with zero attached hydrogens (tertiary/aromatic N) is 1. The fraction of sp³-hybridized carbons (Fsp3) is 0.533. The van der Waals surface area contributed by atoms with Crippen LogP contribution in [-0.4, -0.2) is 20.3 Å². The predicted molar refractivity (Wildman–Crippen MR) is 77.6 cm³/mol. The Morgan fingerprint density at radius 3 is 2.35 bits per heavy atom. The van der Waals surface area contributed by atoms with Crippen LogP contribution in [-0.2, 0) is 10.3 Å². The number of benzene rings is 1. The molecular formula is C15H18ClNO3. The minimum atomic E-state index is -0.560. The highest BCUT2D eigenvalue weighted by molar-refractivity contribution is 6.32. The number of hydrogen-bond acceptors (Lipinski definition) is 4. The Balaban J connectivity index is 2.74. The van der Waals surface area contributed by atoms with Crippen LogP contribution in [0.2, 0.25) is 5.02 Å². The number of rotatable bonds is 4. The van der Waals surface area contributed by atoms with Gasteiger partial charge >= 0.3 is 0 Å². The predicted octanol–water partition coefficient (Wildman–Crippen LogP) is 3.77. The maximum absolute atomic E-state index is 10.9. The first-order valence-corrected chi connectivity index (χ1v) is 6.98. The van der Waals surface area contributed by atoms with Crippen LogP contribution in [0.5, 0.6) is 11.5 Å². The van der Waals surface area contributed by atoms with Gasteiger partial charge in [0.15, 0.2) is 11.5 Å². The second kappa shape index (κ2) is 5.86. The maximum atomic E-state index is 10.9. The zero-order valence-electron chi connectivity index (χ0n) is 12.0. The SMILES string of the molecule is COc1c(Cl)cc(C)c(C2(N=C=O)CCCC2)c1OC. The van der Waals surface area contributed by atoms with Gasteiger partial charge < -0.3 is 9.47 Å². The van der Waals surface area contributed by atoms with Gasteiger partial charge in [0.2, 0.25) is 6.08 Å². The highest BCUT2D eigenvalue weighted by atomic mass is 35.5. The Morgan fingerprint density at radius 1 is 1.25 bits per heavy atom. The number of carbonyl (C=O) groups excluding carboxylic acids is 1. The third-order valence-electron chi connectivity index (χ3n) is 3.95. The summed E-state index contributed by atoms with van der Waals surface area (Å²) < 4.78 is 10.9. The molecule has 1 fully saturated rings. The molecule has 0 radical (unpaired) electrons. The summed E-state index contributed by atoms with van der Waals surface area (Å²) in [5.74, 6) is 1.06. The number of hydrogen-bond donors (Lipinski definition) is 0. The maximum Gasteiger partial charge on any atom is 0.235 e. The first kappa shape index (κ1) is 14.9. The van der Waals surface area contributed by atoms with E-state index in [-0.39, 0.29) is 0 Å². The summed E-state index contributed by atoms with van der Waals surface area (Å²) in [4.78, 5) is 15.0. The van der Waals surface area contributed by atoms with Gasteiger partial charge in [-0.2, -0.15) is 4.99 Å². The summed E-state index contributed by atoms with van der Waals surface area (Å²) in [6.07, 6.45) is 5.40. The average Bonchev–Trinajstić information content (AvgIpc) is 2.87. The summed E-state index contributed by atoms with van der Waals surface area (Å²) >= 11 is 6.20. The highest BCUT2D eigenvalue weighted by Crippen LogP contribution is 2.51. The van der Waals surface area contributed by atoms with E-state index < -0.39 is 5.54 Å². The molecule has 0 aliphatic heterocycles. The van der Waals surface area contributed by atoms with Crippen LogP contribution in [0.15, 0.2) is 11.1 Å². The average molecular weight is 296 g/mol. The summed E-state index contributed by atoms with van der Waals surface area (Å²) in [5, 5.41) is 0.494. The van der Waals surface area contributed by atoms with E-state index in [1.54, 1.807) is 20.3 Å². The van der Waals surface area contributed by atoms with E-state index in [2.05, 4.69) is 4.99 Å². The molecule has 108 valence electrons. The topological polar surface area (TPSA) is 47.9 Å². The van der Waals surface area contributed by atoms with Crippen LogP contribution in [0.4, 0.5) is 0 Å². The van der Waals surface area contributed by atoms with Crippen LogP contribution in [0.1, 0.15) is 36.8 Å². The third kappa shape index (κ3) is 2.30. The molecule has 5 heteroatoms. The number of methoxy groups -OCH3 is 2. The van der Waals surface area contributed by atoms with E-state index in [1.165, 1.54) is 0 Å². The molecule has 0 heterocycles. The number of ether oxygens (including phenoxy) is 2. The van der Waals surface area contributed by atoms with Crippen molar-refractivity contribution in [3.63, 3.8) is 0 Å². The molecule has 1 aromatic carbocycles. The smallest absolute Gasteiger partial charge is 0.235 e. The van der Waals surface area contributed by atoms with Crippen molar-refractivity contribution in [1.29, 1.82) is 0 Å². The summed E-state index contributed by atoms with van der Waals surface area (Å²) in [6.45, 7) is 1.95. The first-order chi connectivity index (χ1) is 9.59. The Morgan fingerprint density at radius 2 is 1.85 bits per heavy atom. The van der Waals surface area contributed by atoms with Gasteiger partial charge in [0, 0.05) is 5.56 Å². The van der Waals surface area contributed by atoms with Gasteiger partial charge in [-0.05, 0) is 31.4 Å². The standard InChI is InChI=1S/C15H18ClNO3/c1-10-8-11(16)13(19-2)14(20-3)12(10)15(17-9-18)6-4-5-7-15/h8H,4-7H2,1-3H3. The number of aliphatic imine (C=N–C) groups is 1. The van der Waals surface area contributed by atoms with E-state index in [0.717, 1.165) is 36.8 Å². The third-order valence-corrected chi connectivity index (χ3v) is 4.23. The Hall–Kier alpha value is -1.51. The molecule has 2 rings (SSSR count). The quantitative estimate of drug-likeness (QED) is 0.627. The van der Waals surface area contributed by atoms with Crippen LogP contribution in [0.25, 0.3) is 0 Å².